The van der Waals surface area contributed by atoms with Gasteiger partial charge in [-0.3, -0.25) is 4.79 Å². The minimum Gasteiger partial charge on any atom is -0.492 e. The third-order valence-corrected chi connectivity index (χ3v) is 3.74. The van der Waals surface area contributed by atoms with E-state index in [0.29, 0.717) is 17.9 Å². The van der Waals surface area contributed by atoms with Crippen LogP contribution in [0.5, 0.6) is 5.75 Å². The van der Waals surface area contributed by atoms with Crippen molar-refractivity contribution in [2.24, 2.45) is 0 Å². The van der Waals surface area contributed by atoms with E-state index in [1.807, 2.05) is 66.7 Å². The monoisotopic (exact) mass is 302 g/mol. The Morgan fingerprint density at radius 2 is 1.48 bits per heavy atom. The second-order valence-electron chi connectivity index (χ2n) is 5.32. The highest BCUT2D eigenvalue weighted by Crippen LogP contribution is 2.25. The van der Waals surface area contributed by atoms with E-state index in [0.717, 1.165) is 23.8 Å². The topological polar surface area (TPSA) is 26.3 Å². The van der Waals surface area contributed by atoms with Crippen LogP contribution in [0.15, 0.2) is 78.9 Å². The molecule has 0 bridgehead atoms. The Bertz CT molecular complexity index is 764. The number of hydrogen-bond donors (Lipinski definition) is 0. The lowest BCUT2D eigenvalue weighted by molar-refractivity contribution is 0.111. The van der Waals surface area contributed by atoms with Crippen LogP contribution in [0.1, 0.15) is 15.9 Å². The lowest BCUT2D eigenvalue weighted by Gasteiger charge is -2.10. The molecule has 23 heavy (non-hydrogen) atoms. The first-order valence-corrected chi connectivity index (χ1v) is 7.68. The zero-order valence-corrected chi connectivity index (χ0v) is 12.8. The minimum absolute atomic E-state index is 0.551. The van der Waals surface area contributed by atoms with Gasteiger partial charge in [0, 0.05) is 6.42 Å². The second kappa shape index (κ2) is 7.41. The van der Waals surface area contributed by atoms with Gasteiger partial charge in [0.15, 0.2) is 6.29 Å². The average molecular weight is 302 g/mol. The number of aldehydes is 1. The van der Waals surface area contributed by atoms with Crippen molar-refractivity contribution >= 4 is 6.29 Å². The highest BCUT2D eigenvalue weighted by molar-refractivity contribution is 5.83. The Morgan fingerprint density at radius 1 is 0.783 bits per heavy atom. The van der Waals surface area contributed by atoms with Crippen LogP contribution in [0, 0.1) is 0 Å². The first-order valence-electron chi connectivity index (χ1n) is 7.68. The van der Waals surface area contributed by atoms with Crippen molar-refractivity contribution in [2.75, 3.05) is 6.61 Å². The first kappa shape index (κ1) is 15.0. The predicted octanol–water partition coefficient (Wildman–Crippen LogP) is 4.79. The largest absolute Gasteiger partial charge is 0.492 e. The summed E-state index contributed by atoms with van der Waals surface area (Å²) in [6.45, 7) is 0.551. The van der Waals surface area contributed by atoms with Crippen LogP contribution in [0.2, 0.25) is 0 Å². The highest BCUT2D eigenvalue weighted by atomic mass is 16.5. The fourth-order valence-electron chi connectivity index (χ4n) is 2.51. The first-order chi connectivity index (χ1) is 11.4. The van der Waals surface area contributed by atoms with E-state index in [2.05, 4.69) is 12.1 Å². The van der Waals surface area contributed by atoms with E-state index in [-0.39, 0.29) is 0 Å². The number of benzene rings is 3. The molecule has 0 spiro atoms. The number of rotatable bonds is 6. The summed E-state index contributed by atoms with van der Waals surface area (Å²) >= 11 is 0. The smallest absolute Gasteiger partial charge is 0.153 e. The van der Waals surface area contributed by atoms with E-state index < -0.39 is 0 Å². The Balaban J connectivity index is 1.71. The molecule has 0 radical (unpaired) electrons. The van der Waals surface area contributed by atoms with E-state index in [4.69, 9.17) is 4.74 Å². The van der Waals surface area contributed by atoms with Crippen LogP contribution in [-0.2, 0) is 6.42 Å². The molecule has 0 fully saturated rings. The van der Waals surface area contributed by atoms with Gasteiger partial charge in [0.2, 0.25) is 0 Å². The van der Waals surface area contributed by atoms with Gasteiger partial charge in [-0.2, -0.15) is 0 Å². The molecule has 3 rings (SSSR count). The molecule has 0 heterocycles. The molecule has 3 aromatic rings. The van der Waals surface area contributed by atoms with Crippen molar-refractivity contribution in [1.82, 2.24) is 0 Å². The third kappa shape index (κ3) is 3.86. The zero-order valence-electron chi connectivity index (χ0n) is 12.8. The molecule has 0 atom stereocenters. The van der Waals surface area contributed by atoms with E-state index >= 15 is 0 Å². The predicted molar refractivity (Wildman–Crippen MR) is 92.9 cm³/mol. The molecule has 0 aromatic heterocycles. The van der Waals surface area contributed by atoms with Crippen molar-refractivity contribution in [3.8, 4) is 16.9 Å². The average Bonchev–Trinajstić information content (AvgIpc) is 2.63. The summed E-state index contributed by atoms with van der Waals surface area (Å²) in [5, 5.41) is 0. The van der Waals surface area contributed by atoms with Gasteiger partial charge >= 0.3 is 0 Å². The molecular formula is C21H18O2. The molecule has 0 unspecified atom stereocenters. The molecule has 0 saturated carbocycles. The molecule has 0 aliphatic heterocycles. The van der Waals surface area contributed by atoms with Crippen LogP contribution in [0.3, 0.4) is 0 Å². The van der Waals surface area contributed by atoms with Gasteiger partial charge in [-0.05, 0) is 28.8 Å². The molecule has 0 N–H and O–H groups in total. The Kier molecular flexibility index (Phi) is 4.85. The summed E-state index contributed by atoms with van der Waals surface area (Å²) < 4.78 is 5.79. The summed E-state index contributed by atoms with van der Waals surface area (Å²) in [6.07, 6.45) is 1.67. The molecule has 0 saturated heterocycles. The van der Waals surface area contributed by atoms with E-state index in [1.165, 1.54) is 5.56 Å². The fraction of sp³-hybridized carbons (Fsp3) is 0.0952. The quantitative estimate of drug-likeness (QED) is 0.612. The van der Waals surface area contributed by atoms with Gasteiger partial charge in [0.1, 0.15) is 5.75 Å². The normalized spacial score (nSPS) is 10.3. The summed E-state index contributed by atoms with van der Waals surface area (Å²) in [4.78, 5) is 11.4. The standard InChI is InChI=1S/C21H18O2/c22-16-20-15-19(18-9-5-2-6-10-18)11-12-21(20)23-14-13-17-7-3-1-4-8-17/h1-12,15-16H,13-14H2. The molecule has 0 aliphatic carbocycles. The van der Waals surface area contributed by atoms with Gasteiger partial charge in [0.05, 0.1) is 12.2 Å². The molecule has 0 amide bonds. The van der Waals surface area contributed by atoms with Gasteiger partial charge in [-0.15, -0.1) is 0 Å². The van der Waals surface area contributed by atoms with Gasteiger partial charge in [0.25, 0.3) is 0 Å². The zero-order chi connectivity index (χ0) is 15.9. The maximum Gasteiger partial charge on any atom is 0.153 e. The number of ether oxygens (including phenoxy) is 1. The lowest BCUT2D eigenvalue weighted by atomic mass is 10.0. The van der Waals surface area contributed by atoms with Gasteiger partial charge < -0.3 is 4.74 Å². The highest BCUT2D eigenvalue weighted by Gasteiger charge is 2.06. The van der Waals surface area contributed by atoms with Crippen LogP contribution in [-0.4, -0.2) is 12.9 Å². The lowest BCUT2D eigenvalue weighted by Crippen LogP contribution is -2.03. The molecule has 2 nitrogen and oxygen atoms in total. The summed E-state index contributed by atoms with van der Waals surface area (Å²) in [7, 11) is 0. The van der Waals surface area contributed by atoms with Crippen LogP contribution in [0.4, 0.5) is 0 Å². The Labute approximate surface area is 136 Å². The van der Waals surface area contributed by atoms with Gasteiger partial charge in [-0.25, -0.2) is 0 Å². The SMILES string of the molecule is O=Cc1cc(-c2ccccc2)ccc1OCCc1ccccc1. The number of carbonyl (C=O) groups excluding carboxylic acids is 1. The molecule has 2 heteroatoms. The third-order valence-electron chi connectivity index (χ3n) is 3.74. The van der Waals surface area contributed by atoms with Crippen LogP contribution in [0.25, 0.3) is 11.1 Å². The fourth-order valence-corrected chi connectivity index (χ4v) is 2.51. The molecular weight excluding hydrogens is 284 g/mol. The number of hydrogen-bond acceptors (Lipinski definition) is 2. The molecule has 114 valence electrons. The van der Waals surface area contributed by atoms with Crippen LogP contribution < -0.4 is 4.74 Å². The Morgan fingerprint density at radius 3 is 2.17 bits per heavy atom. The van der Waals surface area contributed by atoms with Crippen molar-refractivity contribution < 1.29 is 9.53 Å². The summed E-state index contributed by atoms with van der Waals surface area (Å²) in [6, 6.07) is 25.9. The molecule has 3 aromatic carbocycles. The Hall–Kier alpha value is -2.87. The summed E-state index contributed by atoms with van der Waals surface area (Å²) in [5.74, 6) is 0.635. The van der Waals surface area contributed by atoms with Crippen molar-refractivity contribution in [3.05, 3.63) is 90.0 Å². The van der Waals surface area contributed by atoms with E-state index in [1.54, 1.807) is 0 Å². The van der Waals surface area contributed by atoms with Crippen molar-refractivity contribution in [1.29, 1.82) is 0 Å². The maximum absolute atomic E-state index is 11.4. The minimum atomic E-state index is 0.551. The number of carbonyl (C=O) groups is 1. The van der Waals surface area contributed by atoms with Crippen LogP contribution >= 0.6 is 0 Å². The van der Waals surface area contributed by atoms with E-state index in [9.17, 15) is 4.79 Å². The summed E-state index contributed by atoms with van der Waals surface area (Å²) in [5.41, 5.74) is 3.91. The molecule has 0 aliphatic rings. The second-order valence-corrected chi connectivity index (χ2v) is 5.32. The van der Waals surface area contributed by atoms with Crippen molar-refractivity contribution in [3.63, 3.8) is 0 Å². The maximum atomic E-state index is 11.4. The van der Waals surface area contributed by atoms with Crippen molar-refractivity contribution in [2.45, 2.75) is 6.42 Å². The van der Waals surface area contributed by atoms with Gasteiger partial charge in [-0.1, -0.05) is 66.7 Å².